The van der Waals surface area contributed by atoms with Crippen LogP contribution in [0.15, 0.2) is 10.9 Å². The number of aryl methyl sites for hydroxylation is 1. The molecule has 4 rings (SSSR count). The molecule has 2 fully saturated rings. The number of rotatable bonds is 8. The molecule has 1 saturated heterocycles. The van der Waals surface area contributed by atoms with Crippen LogP contribution in [-0.4, -0.2) is 60.7 Å². The molecule has 1 N–H and O–H groups in total. The Labute approximate surface area is 229 Å². The summed E-state index contributed by atoms with van der Waals surface area (Å²) in [6.45, 7) is 3.54. The van der Waals surface area contributed by atoms with Gasteiger partial charge in [0.25, 0.3) is 11.5 Å². The summed E-state index contributed by atoms with van der Waals surface area (Å²) in [4.78, 5) is 51.7. The van der Waals surface area contributed by atoms with Crippen LogP contribution in [0.5, 0.6) is 0 Å². The van der Waals surface area contributed by atoms with Gasteiger partial charge in [0.15, 0.2) is 5.79 Å². The van der Waals surface area contributed by atoms with Crippen LogP contribution in [0.25, 0.3) is 0 Å². The van der Waals surface area contributed by atoms with E-state index in [1.54, 1.807) is 19.9 Å². The third-order valence-electron chi connectivity index (χ3n) is 7.96. The minimum absolute atomic E-state index is 0.0386. The van der Waals surface area contributed by atoms with Crippen LogP contribution < -0.4 is 10.9 Å². The third kappa shape index (κ3) is 7.48. The number of nitrogens with zero attached hydrogens (tertiary/aromatic N) is 1. The smallest absolute Gasteiger partial charge is 0.350 e. The molecule has 2 atom stereocenters. The van der Waals surface area contributed by atoms with Crippen molar-refractivity contribution in [1.29, 1.82) is 0 Å². The molecule has 3 aliphatic rings. The van der Waals surface area contributed by atoms with Crippen molar-refractivity contribution in [2.24, 2.45) is 5.92 Å². The van der Waals surface area contributed by atoms with Crippen LogP contribution in [0.3, 0.4) is 0 Å². The summed E-state index contributed by atoms with van der Waals surface area (Å²) in [6, 6.07) is 1.71. The first kappa shape index (κ1) is 29.3. The highest BCUT2D eigenvalue weighted by Gasteiger charge is 2.43. The van der Waals surface area contributed by atoms with Gasteiger partial charge in [-0.3, -0.25) is 14.4 Å². The van der Waals surface area contributed by atoms with E-state index in [-0.39, 0.29) is 17.7 Å². The highest BCUT2D eigenvalue weighted by Crippen LogP contribution is 2.28. The summed E-state index contributed by atoms with van der Waals surface area (Å²) in [5, 5.41) is 2.52. The number of nitrogens with one attached hydrogen (secondary N) is 1. The molecule has 2 unspecified atom stereocenters. The number of hydrogen-bond donors (Lipinski definition) is 1. The average molecular weight is 547 g/mol. The van der Waals surface area contributed by atoms with Crippen molar-refractivity contribution in [3.8, 4) is 0 Å². The molecule has 1 saturated carbocycles. The van der Waals surface area contributed by atoms with Gasteiger partial charge in [0.2, 0.25) is 6.10 Å². The summed E-state index contributed by atoms with van der Waals surface area (Å²) in [5.41, 5.74) is 1.84. The molecule has 1 aromatic rings. The first-order valence-corrected chi connectivity index (χ1v) is 14.3. The van der Waals surface area contributed by atoms with Crippen molar-refractivity contribution in [1.82, 2.24) is 9.88 Å². The maximum atomic E-state index is 13.6. The second-order valence-corrected chi connectivity index (χ2v) is 11.3. The SMILES string of the molecule is COC(=O)C(OC(=O)CNC(=O)c1cc2c(n(CC3CCCCC3)c1=O)CCCCCC2)C1COC(C)(C)O1. The zero-order chi connectivity index (χ0) is 28.0. The first-order chi connectivity index (χ1) is 18.7. The van der Waals surface area contributed by atoms with E-state index in [0.717, 1.165) is 62.6 Å². The van der Waals surface area contributed by atoms with Gasteiger partial charge >= 0.3 is 11.9 Å². The Balaban J connectivity index is 1.48. The first-order valence-electron chi connectivity index (χ1n) is 14.3. The lowest BCUT2D eigenvalue weighted by molar-refractivity contribution is -0.184. The van der Waals surface area contributed by atoms with E-state index in [2.05, 4.69) is 5.32 Å². The van der Waals surface area contributed by atoms with E-state index in [0.29, 0.717) is 12.5 Å². The number of fused-ring (bicyclic) bond motifs is 1. The third-order valence-corrected chi connectivity index (χ3v) is 7.96. The molecule has 0 radical (unpaired) electrons. The molecule has 2 aliphatic carbocycles. The largest absolute Gasteiger partial charge is 0.466 e. The summed E-state index contributed by atoms with van der Waals surface area (Å²) < 4.78 is 23.1. The molecule has 2 heterocycles. The van der Waals surface area contributed by atoms with Crippen LogP contribution in [0.1, 0.15) is 93.3 Å². The van der Waals surface area contributed by atoms with Crippen LogP contribution in [-0.2, 0) is 47.9 Å². The van der Waals surface area contributed by atoms with Gasteiger partial charge in [0, 0.05) is 12.2 Å². The molecule has 10 nitrogen and oxygen atoms in total. The number of esters is 2. The van der Waals surface area contributed by atoms with Crippen molar-refractivity contribution in [3.05, 3.63) is 33.2 Å². The molecule has 39 heavy (non-hydrogen) atoms. The molecule has 10 heteroatoms. The number of hydrogen-bond acceptors (Lipinski definition) is 8. The summed E-state index contributed by atoms with van der Waals surface area (Å²) >= 11 is 0. The minimum Gasteiger partial charge on any atom is -0.466 e. The fourth-order valence-electron chi connectivity index (χ4n) is 5.91. The molecular weight excluding hydrogens is 504 g/mol. The van der Waals surface area contributed by atoms with Crippen LogP contribution in [0.2, 0.25) is 0 Å². The predicted octanol–water partition coefficient (Wildman–Crippen LogP) is 3.05. The number of amides is 1. The maximum Gasteiger partial charge on any atom is 0.350 e. The van der Waals surface area contributed by atoms with Crippen LogP contribution >= 0.6 is 0 Å². The predicted molar refractivity (Wildman–Crippen MR) is 142 cm³/mol. The zero-order valence-electron chi connectivity index (χ0n) is 23.4. The molecule has 0 aromatic carbocycles. The fourth-order valence-corrected chi connectivity index (χ4v) is 5.91. The number of carbonyl (C=O) groups excluding carboxylic acids is 3. The van der Waals surface area contributed by atoms with Crippen LogP contribution in [0.4, 0.5) is 0 Å². The van der Waals surface area contributed by atoms with Crippen molar-refractivity contribution >= 4 is 17.8 Å². The second kappa shape index (κ2) is 13.1. The Bertz CT molecular complexity index is 1110. The van der Waals surface area contributed by atoms with Gasteiger partial charge in [-0.25, -0.2) is 4.79 Å². The van der Waals surface area contributed by atoms with Gasteiger partial charge < -0.3 is 28.8 Å². The Kier molecular flexibility index (Phi) is 9.82. The van der Waals surface area contributed by atoms with E-state index in [4.69, 9.17) is 18.9 Å². The zero-order valence-corrected chi connectivity index (χ0v) is 23.4. The van der Waals surface area contributed by atoms with Crippen molar-refractivity contribution in [2.75, 3.05) is 20.3 Å². The molecular formula is C29H42N2O8. The number of aromatic nitrogens is 1. The van der Waals surface area contributed by atoms with Gasteiger partial charge in [-0.15, -0.1) is 0 Å². The summed E-state index contributed by atoms with van der Waals surface area (Å²) in [5.74, 6) is -2.76. The standard InChI is InChI=1S/C29H42N2O8/c1-29(2)37-18-23(39-29)25(28(35)36-3)38-24(32)16-30-26(33)21-15-20-13-9-4-5-10-14-22(20)31(27(21)34)17-19-11-7-6-8-12-19/h15,19,23,25H,4-14,16-18H2,1-3H3,(H,30,33). The lowest BCUT2D eigenvalue weighted by atomic mass is 9.88. The lowest BCUT2D eigenvalue weighted by Gasteiger charge is -2.26. The summed E-state index contributed by atoms with van der Waals surface area (Å²) in [7, 11) is 1.19. The molecule has 1 aliphatic heterocycles. The average Bonchev–Trinajstić information content (AvgIpc) is 3.27. The number of methoxy groups -OCH3 is 1. The van der Waals surface area contributed by atoms with Gasteiger partial charge in [0.05, 0.1) is 13.7 Å². The van der Waals surface area contributed by atoms with E-state index in [1.807, 2.05) is 4.57 Å². The van der Waals surface area contributed by atoms with Crippen molar-refractivity contribution in [3.63, 3.8) is 0 Å². The Morgan fingerprint density at radius 2 is 1.77 bits per heavy atom. The molecule has 0 spiro atoms. The quantitative estimate of drug-likeness (QED) is 0.494. The molecule has 1 aromatic heterocycles. The van der Waals surface area contributed by atoms with Crippen LogP contribution in [0, 0.1) is 5.92 Å². The Hall–Kier alpha value is -2.72. The molecule has 0 bridgehead atoms. The number of pyridine rings is 1. The number of ether oxygens (including phenoxy) is 4. The lowest BCUT2D eigenvalue weighted by Crippen LogP contribution is -2.44. The highest BCUT2D eigenvalue weighted by atomic mass is 16.8. The summed E-state index contributed by atoms with van der Waals surface area (Å²) in [6.07, 6.45) is 9.56. The molecule has 1 amide bonds. The Morgan fingerprint density at radius 3 is 2.44 bits per heavy atom. The highest BCUT2D eigenvalue weighted by molar-refractivity contribution is 5.96. The van der Waals surface area contributed by atoms with E-state index >= 15 is 0 Å². The van der Waals surface area contributed by atoms with Gasteiger partial charge in [-0.1, -0.05) is 32.1 Å². The normalized spacial score (nSPS) is 22.2. The fraction of sp³-hybridized carbons (Fsp3) is 0.724. The second-order valence-electron chi connectivity index (χ2n) is 11.3. The maximum absolute atomic E-state index is 13.6. The van der Waals surface area contributed by atoms with Gasteiger partial charge in [0.1, 0.15) is 18.2 Å². The Morgan fingerprint density at radius 1 is 1.08 bits per heavy atom. The van der Waals surface area contributed by atoms with Crippen molar-refractivity contribution < 1.29 is 33.3 Å². The van der Waals surface area contributed by atoms with Gasteiger partial charge in [-0.05, 0) is 69.9 Å². The van der Waals surface area contributed by atoms with Gasteiger partial charge in [-0.2, -0.15) is 0 Å². The monoisotopic (exact) mass is 546 g/mol. The van der Waals surface area contributed by atoms with Crippen molar-refractivity contribution in [2.45, 2.75) is 109 Å². The van der Waals surface area contributed by atoms with E-state index in [1.165, 1.54) is 26.4 Å². The topological polar surface area (TPSA) is 122 Å². The van der Waals surface area contributed by atoms with E-state index in [9.17, 15) is 19.2 Å². The minimum atomic E-state index is -1.34. The number of carbonyl (C=O) groups is 3. The molecule has 216 valence electrons. The van der Waals surface area contributed by atoms with E-state index < -0.39 is 42.4 Å².